The number of hydrogen-bond donors (Lipinski definition) is 0. The second kappa shape index (κ2) is 4.56. The van der Waals surface area contributed by atoms with E-state index in [9.17, 15) is 4.79 Å². The monoisotopic (exact) mass is 290 g/mol. The van der Waals surface area contributed by atoms with E-state index in [1.165, 1.54) is 0 Å². The summed E-state index contributed by atoms with van der Waals surface area (Å²) in [6, 6.07) is 9.55. The third kappa shape index (κ3) is 1.88. The number of nitrogens with zero attached hydrogens (tertiary/aromatic N) is 2. The third-order valence-corrected chi connectivity index (χ3v) is 4.07. The lowest BCUT2D eigenvalue weighted by atomic mass is 10.1. The standard InChI is InChI=1S/C15H15ClN2O2/c1-9-4-7-13(20-9)14(16)10-5-6-11-12(8-10)18(3)15(19)17(11)2/h4-8,14H,1-3H3. The molecule has 0 saturated heterocycles. The van der Waals surface area contributed by atoms with Crippen molar-refractivity contribution >= 4 is 22.6 Å². The summed E-state index contributed by atoms with van der Waals surface area (Å²) in [5.41, 5.74) is 2.62. The van der Waals surface area contributed by atoms with Gasteiger partial charge in [-0.1, -0.05) is 6.07 Å². The molecule has 2 aromatic heterocycles. The summed E-state index contributed by atoms with van der Waals surface area (Å²) in [6.45, 7) is 1.89. The van der Waals surface area contributed by atoms with E-state index in [0.717, 1.165) is 22.4 Å². The van der Waals surface area contributed by atoms with Crippen molar-refractivity contribution < 1.29 is 4.42 Å². The van der Waals surface area contributed by atoms with Crippen molar-refractivity contribution in [2.24, 2.45) is 14.1 Å². The van der Waals surface area contributed by atoms with E-state index < -0.39 is 0 Å². The molecular weight excluding hydrogens is 276 g/mol. The van der Waals surface area contributed by atoms with Crippen LogP contribution in [0.5, 0.6) is 0 Å². The molecule has 4 nitrogen and oxygen atoms in total. The minimum atomic E-state index is -0.358. The molecule has 0 N–H and O–H groups in total. The van der Waals surface area contributed by atoms with Gasteiger partial charge in [0.15, 0.2) is 0 Å². The number of aromatic nitrogens is 2. The van der Waals surface area contributed by atoms with Gasteiger partial charge in [0.2, 0.25) is 0 Å². The number of hydrogen-bond acceptors (Lipinski definition) is 2. The number of furan rings is 1. The maximum atomic E-state index is 11.9. The summed E-state index contributed by atoms with van der Waals surface area (Å²) in [6.07, 6.45) is 0. The number of alkyl halides is 1. The lowest BCUT2D eigenvalue weighted by molar-refractivity contribution is 0.489. The summed E-state index contributed by atoms with van der Waals surface area (Å²) in [7, 11) is 3.52. The highest BCUT2D eigenvalue weighted by molar-refractivity contribution is 6.22. The van der Waals surface area contributed by atoms with Crippen molar-refractivity contribution in [2.75, 3.05) is 0 Å². The van der Waals surface area contributed by atoms with Crippen molar-refractivity contribution in [3.05, 3.63) is 57.9 Å². The van der Waals surface area contributed by atoms with Gasteiger partial charge < -0.3 is 4.42 Å². The zero-order valence-corrected chi connectivity index (χ0v) is 12.3. The van der Waals surface area contributed by atoms with Crippen LogP contribution in [-0.4, -0.2) is 9.13 Å². The number of benzene rings is 1. The second-order valence-electron chi connectivity index (χ2n) is 4.96. The molecule has 3 aromatic rings. The van der Waals surface area contributed by atoms with Crippen LogP contribution in [0.3, 0.4) is 0 Å². The van der Waals surface area contributed by atoms with Gasteiger partial charge in [-0.2, -0.15) is 0 Å². The molecular formula is C15H15ClN2O2. The minimum absolute atomic E-state index is 0.0443. The average Bonchev–Trinajstić information content (AvgIpc) is 2.97. The van der Waals surface area contributed by atoms with E-state index >= 15 is 0 Å². The summed E-state index contributed by atoms with van der Waals surface area (Å²) in [4.78, 5) is 11.9. The maximum absolute atomic E-state index is 11.9. The first-order chi connectivity index (χ1) is 9.49. The van der Waals surface area contributed by atoms with E-state index in [2.05, 4.69) is 0 Å². The van der Waals surface area contributed by atoms with Gasteiger partial charge in [-0.25, -0.2) is 4.79 Å². The van der Waals surface area contributed by atoms with Crippen molar-refractivity contribution in [1.82, 2.24) is 9.13 Å². The molecule has 0 aliphatic heterocycles. The highest BCUT2D eigenvalue weighted by Gasteiger charge is 2.16. The van der Waals surface area contributed by atoms with Crippen LogP contribution in [0.15, 0.2) is 39.5 Å². The molecule has 104 valence electrons. The van der Waals surface area contributed by atoms with E-state index in [4.69, 9.17) is 16.0 Å². The predicted molar refractivity (Wildman–Crippen MR) is 79.3 cm³/mol. The Hall–Kier alpha value is -1.94. The van der Waals surface area contributed by atoms with Gasteiger partial charge >= 0.3 is 5.69 Å². The van der Waals surface area contributed by atoms with E-state index in [1.807, 2.05) is 37.3 Å². The van der Waals surface area contributed by atoms with E-state index in [0.29, 0.717) is 5.76 Å². The number of imidazole rings is 1. The molecule has 5 heteroatoms. The van der Waals surface area contributed by atoms with Gasteiger partial charge in [0.25, 0.3) is 0 Å². The fraction of sp³-hybridized carbons (Fsp3) is 0.267. The molecule has 0 radical (unpaired) electrons. The first kappa shape index (κ1) is 13.1. The summed E-state index contributed by atoms with van der Waals surface area (Å²) in [5, 5.41) is -0.358. The lowest BCUT2D eigenvalue weighted by Crippen LogP contribution is -2.19. The van der Waals surface area contributed by atoms with Gasteiger partial charge in [0.05, 0.1) is 11.0 Å². The molecule has 0 aliphatic carbocycles. The maximum Gasteiger partial charge on any atom is 0.328 e. The van der Waals surface area contributed by atoms with E-state index in [1.54, 1.807) is 23.2 Å². The second-order valence-corrected chi connectivity index (χ2v) is 5.40. The molecule has 2 heterocycles. The number of aryl methyl sites for hydroxylation is 3. The molecule has 1 unspecified atom stereocenters. The van der Waals surface area contributed by atoms with Crippen LogP contribution >= 0.6 is 11.6 Å². The summed E-state index contributed by atoms with van der Waals surface area (Å²) >= 11 is 6.46. The van der Waals surface area contributed by atoms with Crippen LogP contribution < -0.4 is 5.69 Å². The van der Waals surface area contributed by atoms with Crippen molar-refractivity contribution in [3.8, 4) is 0 Å². The fourth-order valence-electron chi connectivity index (χ4n) is 2.44. The SMILES string of the molecule is Cc1ccc(C(Cl)c2ccc3c(c2)n(C)c(=O)n3C)o1. The minimum Gasteiger partial charge on any atom is -0.464 e. The van der Waals surface area contributed by atoms with Crippen LogP contribution in [-0.2, 0) is 14.1 Å². The van der Waals surface area contributed by atoms with Crippen LogP contribution in [0.2, 0.25) is 0 Å². The van der Waals surface area contributed by atoms with Gasteiger partial charge in [-0.3, -0.25) is 9.13 Å². The summed E-state index contributed by atoms with van der Waals surface area (Å²) in [5.74, 6) is 1.54. The Bertz CT molecular complexity index is 841. The number of fused-ring (bicyclic) bond motifs is 1. The van der Waals surface area contributed by atoms with Crippen LogP contribution in [0.1, 0.15) is 22.5 Å². The number of halogens is 1. The summed E-state index contributed by atoms with van der Waals surface area (Å²) < 4.78 is 8.81. The topological polar surface area (TPSA) is 40.1 Å². The van der Waals surface area contributed by atoms with Gasteiger partial charge in [0.1, 0.15) is 16.9 Å². The Balaban J connectivity index is 2.14. The first-order valence-corrected chi connectivity index (χ1v) is 6.78. The highest BCUT2D eigenvalue weighted by atomic mass is 35.5. The Labute approximate surface area is 121 Å². The van der Waals surface area contributed by atoms with Crippen LogP contribution in [0, 0.1) is 6.92 Å². The van der Waals surface area contributed by atoms with Crippen LogP contribution in [0.4, 0.5) is 0 Å². The molecule has 0 amide bonds. The molecule has 1 atom stereocenters. The Morgan fingerprint density at radius 3 is 2.45 bits per heavy atom. The molecule has 0 bridgehead atoms. The van der Waals surface area contributed by atoms with Gasteiger partial charge in [-0.15, -0.1) is 11.6 Å². The zero-order valence-electron chi connectivity index (χ0n) is 11.6. The Morgan fingerprint density at radius 2 is 1.80 bits per heavy atom. The first-order valence-electron chi connectivity index (χ1n) is 6.35. The molecule has 3 rings (SSSR count). The quantitative estimate of drug-likeness (QED) is 0.680. The largest absolute Gasteiger partial charge is 0.464 e. The Morgan fingerprint density at radius 1 is 1.10 bits per heavy atom. The van der Waals surface area contributed by atoms with Gasteiger partial charge in [-0.05, 0) is 36.8 Å². The molecule has 0 spiro atoms. The normalized spacial score (nSPS) is 13.0. The fourth-order valence-corrected chi connectivity index (χ4v) is 2.69. The smallest absolute Gasteiger partial charge is 0.328 e. The lowest BCUT2D eigenvalue weighted by Gasteiger charge is -2.07. The third-order valence-electron chi connectivity index (χ3n) is 3.60. The molecule has 0 saturated carbocycles. The molecule has 0 fully saturated rings. The molecule has 1 aromatic carbocycles. The van der Waals surface area contributed by atoms with Crippen molar-refractivity contribution in [1.29, 1.82) is 0 Å². The predicted octanol–water partition coefficient (Wildman–Crippen LogP) is 3.11. The number of rotatable bonds is 2. The van der Waals surface area contributed by atoms with E-state index in [-0.39, 0.29) is 11.1 Å². The zero-order chi connectivity index (χ0) is 14.4. The van der Waals surface area contributed by atoms with Crippen LogP contribution in [0.25, 0.3) is 11.0 Å². The average molecular weight is 291 g/mol. The van der Waals surface area contributed by atoms with Crippen molar-refractivity contribution in [2.45, 2.75) is 12.3 Å². The Kier molecular flexibility index (Phi) is 2.98. The highest BCUT2D eigenvalue weighted by Crippen LogP contribution is 2.31. The van der Waals surface area contributed by atoms with Gasteiger partial charge in [0, 0.05) is 14.1 Å². The molecule has 0 aliphatic rings. The molecule has 20 heavy (non-hydrogen) atoms. The van der Waals surface area contributed by atoms with Crippen molar-refractivity contribution in [3.63, 3.8) is 0 Å².